The summed E-state index contributed by atoms with van der Waals surface area (Å²) in [5, 5.41) is 0. The molecule has 1 aliphatic heterocycles. The third-order valence-corrected chi connectivity index (χ3v) is 17.2. The van der Waals surface area contributed by atoms with Gasteiger partial charge in [-0.3, -0.25) is 14.1 Å². The SMILES string of the molecule is O=C(OC1C2CC3C1OC(=O)C3C2C(=O)Oc1ccc(S(=O)(=O)O)c(C2C3CC4CC(C3)CC2C4)c1)c1cc(I)c(I)c(I)c1. The number of fused-ring (bicyclic) bond motifs is 1. The zero-order chi connectivity index (χ0) is 31.5. The molecule has 6 aliphatic carbocycles. The Bertz CT molecular complexity index is 1710. The summed E-state index contributed by atoms with van der Waals surface area (Å²) in [6.07, 6.45) is 4.56. The summed E-state index contributed by atoms with van der Waals surface area (Å²) in [6, 6.07) is 7.84. The molecule has 7 fully saturated rings. The van der Waals surface area contributed by atoms with Gasteiger partial charge in [0.25, 0.3) is 10.1 Å². The van der Waals surface area contributed by atoms with E-state index in [1.807, 2.05) is 0 Å². The molecule has 9 nitrogen and oxygen atoms in total. The predicted octanol–water partition coefficient (Wildman–Crippen LogP) is 6.23. The second kappa shape index (κ2) is 11.3. The molecule has 238 valence electrons. The van der Waals surface area contributed by atoms with Gasteiger partial charge in [0.05, 0.1) is 22.3 Å². The van der Waals surface area contributed by atoms with E-state index in [1.165, 1.54) is 18.6 Å². The van der Waals surface area contributed by atoms with Crippen molar-refractivity contribution < 1.29 is 41.6 Å². The van der Waals surface area contributed by atoms with Crippen LogP contribution in [0.15, 0.2) is 35.2 Å². The lowest BCUT2D eigenvalue weighted by Crippen LogP contribution is -2.44. The van der Waals surface area contributed by atoms with E-state index in [0.717, 1.165) is 36.4 Å². The molecule has 1 saturated heterocycles. The van der Waals surface area contributed by atoms with Crippen LogP contribution in [0.25, 0.3) is 0 Å². The largest absolute Gasteiger partial charge is 0.458 e. The normalized spacial score (nSPS) is 37.2. The number of hydrogen-bond acceptors (Lipinski definition) is 8. The molecule has 2 aromatic carbocycles. The number of halogens is 3. The Morgan fingerprint density at radius 3 is 2.13 bits per heavy atom. The van der Waals surface area contributed by atoms with E-state index in [2.05, 4.69) is 67.8 Å². The zero-order valence-corrected chi connectivity index (χ0v) is 31.0. The highest BCUT2D eigenvalue weighted by Gasteiger charge is 2.70. The van der Waals surface area contributed by atoms with E-state index in [-0.39, 0.29) is 22.5 Å². The number of carbonyl (C=O) groups excluding carboxylic acids is 3. The summed E-state index contributed by atoms with van der Waals surface area (Å²) in [4.78, 5) is 40.0. The summed E-state index contributed by atoms with van der Waals surface area (Å²) in [6.45, 7) is 0. The van der Waals surface area contributed by atoms with Crippen LogP contribution < -0.4 is 4.74 Å². The third-order valence-electron chi connectivity index (χ3n) is 11.3. The Balaban J connectivity index is 1.06. The van der Waals surface area contributed by atoms with Gasteiger partial charge in [-0.25, -0.2) is 4.79 Å². The minimum absolute atomic E-state index is 0.0300. The minimum atomic E-state index is -4.50. The van der Waals surface area contributed by atoms with Crippen molar-refractivity contribution in [3.05, 3.63) is 52.2 Å². The quantitative estimate of drug-likeness (QED) is 0.118. The molecule has 1 heterocycles. The zero-order valence-electron chi connectivity index (χ0n) is 23.7. The molecule has 6 unspecified atom stereocenters. The van der Waals surface area contributed by atoms with Crippen LogP contribution in [0.3, 0.4) is 0 Å². The Labute approximate surface area is 301 Å². The Kier molecular flexibility index (Phi) is 7.81. The summed E-state index contributed by atoms with van der Waals surface area (Å²) in [5.41, 5.74) is 0.904. The number of rotatable bonds is 6. The van der Waals surface area contributed by atoms with Crippen LogP contribution in [0.1, 0.15) is 60.4 Å². The topological polar surface area (TPSA) is 133 Å². The molecule has 13 heteroatoms. The lowest BCUT2D eigenvalue weighted by molar-refractivity contribution is -0.149. The molecule has 0 aromatic heterocycles. The number of esters is 3. The molecule has 45 heavy (non-hydrogen) atoms. The minimum Gasteiger partial charge on any atom is -0.458 e. The van der Waals surface area contributed by atoms with Gasteiger partial charge in [-0.2, -0.15) is 8.42 Å². The molecule has 2 aromatic rings. The average molecular weight is 970 g/mol. The van der Waals surface area contributed by atoms with E-state index >= 15 is 0 Å². The molecule has 0 radical (unpaired) electrons. The number of ether oxygens (including phenoxy) is 3. The Hall–Kier alpha value is -1.05. The van der Waals surface area contributed by atoms with E-state index in [9.17, 15) is 27.4 Å². The molecule has 9 rings (SSSR count). The molecule has 7 aliphatic rings. The van der Waals surface area contributed by atoms with Gasteiger partial charge < -0.3 is 14.2 Å². The van der Waals surface area contributed by atoms with Gasteiger partial charge >= 0.3 is 17.9 Å². The molecule has 6 atom stereocenters. The van der Waals surface area contributed by atoms with Crippen LogP contribution in [-0.4, -0.2) is 43.1 Å². The van der Waals surface area contributed by atoms with Gasteiger partial charge in [-0.15, -0.1) is 0 Å². The first-order valence-electron chi connectivity index (χ1n) is 15.3. The molecule has 0 amide bonds. The lowest BCUT2D eigenvalue weighted by Gasteiger charge is -2.54. The van der Waals surface area contributed by atoms with Crippen LogP contribution in [0, 0.1) is 58.1 Å². The van der Waals surface area contributed by atoms with Gasteiger partial charge in [-0.05, 0) is 172 Å². The first kappa shape index (κ1) is 31.2. The summed E-state index contributed by atoms with van der Waals surface area (Å²) < 4.78 is 55.5. The fraction of sp³-hybridized carbons (Fsp3) is 0.531. The van der Waals surface area contributed by atoms with E-state index in [1.54, 1.807) is 18.2 Å². The van der Waals surface area contributed by atoms with Gasteiger partial charge in [-0.1, -0.05) is 0 Å². The van der Waals surface area contributed by atoms with Crippen LogP contribution in [0.4, 0.5) is 0 Å². The van der Waals surface area contributed by atoms with Crippen molar-refractivity contribution >= 4 is 95.8 Å². The summed E-state index contributed by atoms with van der Waals surface area (Å²) in [5.74, 6) is -1.72. The van der Waals surface area contributed by atoms with Gasteiger partial charge in [0.2, 0.25) is 0 Å². The number of carbonyl (C=O) groups is 3. The Morgan fingerprint density at radius 1 is 0.867 bits per heavy atom. The van der Waals surface area contributed by atoms with Crippen molar-refractivity contribution in [2.45, 2.75) is 61.5 Å². The van der Waals surface area contributed by atoms with Crippen molar-refractivity contribution in [2.24, 2.45) is 47.3 Å². The average Bonchev–Trinajstić information content (AvgIpc) is 3.58. The van der Waals surface area contributed by atoms with Crippen LogP contribution in [-0.2, 0) is 29.2 Å². The first-order valence-corrected chi connectivity index (χ1v) is 19.9. The van der Waals surface area contributed by atoms with Crippen molar-refractivity contribution in [3.8, 4) is 5.75 Å². The fourth-order valence-corrected chi connectivity index (χ4v) is 12.8. The second-order valence-corrected chi connectivity index (χ2v) is 18.5. The number of hydrogen-bond donors (Lipinski definition) is 1. The van der Waals surface area contributed by atoms with Crippen LogP contribution in [0.2, 0.25) is 0 Å². The highest BCUT2D eigenvalue weighted by Crippen LogP contribution is 2.61. The standard InChI is InChI=1S/C32H29I3O9S/c33-21-8-16(9-22(34)27(21)35)30(36)43-28-19-11-20-26(32(38)44-29(20)28)25(19)31(37)42-17-1-2-23(45(39,40)41)18(10-17)24-14-4-12-3-13(6-14)7-15(24)5-12/h1-2,8-10,12-15,19-20,24-26,28-29H,3-7,11H2,(H,39,40,41). The predicted molar refractivity (Wildman–Crippen MR) is 184 cm³/mol. The van der Waals surface area contributed by atoms with Gasteiger partial charge in [0, 0.05) is 22.5 Å². The summed E-state index contributed by atoms with van der Waals surface area (Å²) >= 11 is 6.56. The maximum absolute atomic E-state index is 13.8. The monoisotopic (exact) mass is 970 g/mol. The molecular weight excluding hydrogens is 941 g/mol. The van der Waals surface area contributed by atoms with Crippen LogP contribution >= 0.6 is 67.8 Å². The molecule has 0 spiro atoms. The molecular formula is C32H29I3O9S. The van der Waals surface area contributed by atoms with Crippen molar-refractivity contribution in [1.29, 1.82) is 0 Å². The maximum Gasteiger partial charge on any atom is 0.338 e. The van der Waals surface area contributed by atoms with Gasteiger partial charge in [0.15, 0.2) is 0 Å². The summed E-state index contributed by atoms with van der Waals surface area (Å²) in [7, 11) is -4.50. The van der Waals surface area contributed by atoms with Crippen molar-refractivity contribution in [2.75, 3.05) is 0 Å². The first-order chi connectivity index (χ1) is 21.4. The molecule has 6 saturated carbocycles. The van der Waals surface area contributed by atoms with Crippen molar-refractivity contribution in [1.82, 2.24) is 0 Å². The second-order valence-electron chi connectivity index (χ2n) is 13.7. The van der Waals surface area contributed by atoms with Crippen LogP contribution in [0.5, 0.6) is 5.75 Å². The van der Waals surface area contributed by atoms with Gasteiger partial charge in [0.1, 0.15) is 18.0 Å². The number of benzene rings is 2. The van der Waals surface area contributed by atoms with E-state index in [4.69, 9.17) is 14.2 Å². The van der Waals surface area contributed by atoms with E-state index in [0.29, 0.717) is 41.2 Å². The molecule has 6 bridgehead atoms. The smallest absolute Gasteiger partial charge is 0.338 e. The highest BCUT2D eigenvalue weighted by atomic mass is 127. The highest BCUT2D eigenvalue weighted by molar-refractivity contribution is 14.1. The Morgan fingerprint density at radius 2 is 1.51 bits per heavy atom. The molecule has 1 N–H and O–H groups in total. The fourth-order valence-electron chi connectivity index (χ4n) is 10.0. The maximum atomic E-state index is 13.8. The lowest BCUT2D eigenvalue weighted by atomic mass is 9.51. The van der Waals surface area contributed by atoms with Crippen molar-refractivity contribution in [3.63, 3.8) is 0 Å². The van der Waals surface area contributed by atoms with E-state index < -0.39 is 58.0 Å². The third kappa shape index (κ3) is 5.18.